The number of benzene rings is 1. The van der Waals surface area contributed by atoms with Gasteiger partial charge in [0.15, 0.2) is 0 Å². The fraction of sp³-hybridized carbons (Fsp3) is 0.625. The lowest BCUT2D eigenvalue weighted by Crippen LogP contribution is -1.98. The van der Waals surface area contributed by atoms with Gasteiger partial charge < -0.3 is 10.8 Å². The van der Waals surface area contributed by atoms with Crippen LogP contribution in [0.15, 0.2) is 18.2 Å². The molecular weight excluding hydrogens is 222 g/mol. The van der Waals surface area contributed by atoms with Gasteiger partial charge in [0.25, 0.3) is 0 Å². The highest BCUT2D eigenvalue weighted by molar-refractivity contribution is 5.36. The molecule has 0 aliphatic heterocycles. The summed E-state index contributed by atoms with van der Waals surface area (Å²) in [6.07, 6.45) is 10.4. The Balaban J connectivity index is 2.19. The van der Waals surface area contributed by atoms with Crippen LogP contribution in [-0.4, -0.2) is 5.11 Å². The van der Waals surface area contributed by atoms with Crippen molar-refractivity contribution in [1.82, 2.24) is 0 Å². The minimum Gasteiger partial charge on any atom is -0.508 e. The van der Waals surface area contributed by atoms with Gasteiger partial charge in [-0.1, -0.05) is 57.6 Å². The normalized spacial score (nSPS) is 10.8. The summed E-state index contributed by atoms with van der Waals surface area (Å²) in [6, 6.07) is 5.80. The molecule has 0 fully saturated rings. The molecule has 0 saturated carbocycles. The smallest absolute Gasteiger partial charge is 0.120 e. The van der Waals surface area contributed by atoms with E-state index < -0.39 is 0 Å². The van der Waals surface area contributed by atoms with E-state index in [1.807, 2.05) is 12.1 Å². The second-order valence-corrected chi connectivity index (χ2v) is 5.04. The fourth-order valence-electron chi connectivity index (χ4n) is 2.24. The summed E-state index contributed by atoms with van der Waals surface area (Å²) in [4.78, 5) is 0. The lowest BCUT2D eigenvalue weighted by Gasteiger charge is -2.06. The number of phenols is 1. The SMILES string of the molecule is CCCCCCCCCc1ccc(O)c(CN)c1. The average Bonchev–Trinajstić information content (AvgIpc) is 2.39. The molecule has 1 rings (SSSR count). The lowest BCUT2D eigenvalue weighted by atomic mass is 10.0. The van der Waals surface area contributed by atoms with E-state index in [9.17, 15) is 5.11 Å². The van der Waals surface area contributed by atoms with E-state index in [4.69, 9.17) is 5.73 Å². The van der Waals surface area contributed by atoms with Crippen molar-refractivity contribution in [3.63, 3.8) is 0 Å². The number of nitrogens with two attached hydrogens (primary N) is 1. The van der Waals surface area contributed by atoms with Crippen molar-refractivity contribution in [1.29, 1.82) is 0 Å². The molecule has 0 spiro atoms. The highest BCUT2D eigenvalue weighted by Crippen LogP contribution is 2.19. The van der Waals surface area contributed by atoms with Crippen LogP contribution in [-0.2, 0) is 13.0 Å². The predicted octanol–water partition coefficient (Wildman–Crippen LogP) is 4.14. The zero-order valence-corrected chi connectivity index (χ0v) is 11.6. The Morgan fingerprint density at radius 2 is 1.67 bits per heavy atom. The number of aromatic hydroxyl groups is 1. The largest absolute Gasteiger partial charge is 0.508 e. The maximum Gasteiger partial charge on any atom is 0.120 e. The zero-order valence-electron chi connectivity index (χ0n) is 11.6. The highest BCUT2D eigenvalue weighted by atomic mass is 16.3. The first-order valence-corrected chi connectivity index (χ1v) is 7.28. The van der Waals surface area contributed by atoms with Crippen molar-refractivity contribution in [2.75, 3.05) is 0 Å². The molecule has 2 heteroatoms. The predicted molar refractivity (Wildman–Crippen MR) is 77.7 cm³/mol. The summed E-state index contributed by atoms with van der Waals surface area (Å²) < 4.78 is 0. The standard InChI is InChI=1S/C16H27NO/c1-2-3-4-5-6-7-8-9-14-10-11-16(18)15(12-14)13-17/h10-12,18H,2-9,13,17H2,1H3. The molecule has 0 heterocycles. The maximum absolute atomic E-state index is 9.55. The molecule has 2 nitrogen and oxygen atoms in total. The summed E-state index contributed by atoms with van der Waals surface area (Å²) in [5.74, 6) is 0.320. The first kappa shape index (κ1) is 15.0. The zero-order chi connectivity index (χ0) is 13.2. The Labute approximate surface area is 111 Å². The molecule has 0 aliphatic carbocycles. The number of unbranched alkanes of at least 4 members (excludes halogenated alkanes) is 6. The number of aryl methyl sites for hydroxylation is 1. The van der Waals surface area contributed by atoms with Crippen molar-refractivity contribution in [2.45, 2.75) is 64.8 Å². The van der Waals surface area contributed by atoms with E-state index in [1.54, 1.807) is 6.07 Å². The molecule has 0 aromatic heterocycles. The third kappa shape index (κ3) is 5.54. The van der Waals surface area contributed by atoms with E-state index in [-0.39, 0.29) is 0 Å². The van der Waals surface area contributed by atoms with Crippen molar-refractivity contribution >= 4 is 0 Å². The van der Waals surface area contributed by atoms with Crippen LogP contribution in [0.1, 0.15) is 63.0 Å². The van der Waals surface area contributed by atoms with Crippen LogP contribution in [0.25, 0.3) is 0 Å². The van der Waals surface area contributed by atoms with Gasteiger partial charge in [0.2, 0.25) is 0 Å². The molecule has 0 unspecified atom stereocenters. The van der Waals surface area contributed by atoms with Crippen LogP contribution in [0.2, 0.25) is 0 Å². The van der Waals surface area contributed by atoms with Gasteiger partial charge in [0.1, 0.15) is 5.75 Å². The molecule has 1 aromatic carbocycles. The van der Waals surface area contributed by atoms with Crippen LogP contribution in [0.4, 0.5) is 0 Å². The first-order chi connectivity index (χ1) is 8.77. The Hall–Kier alpha value is -1.02. The molecule has 18 heavy (non-hydrogen) atoms. The van der Waals surface area contributed by atoms with Crippen LogP contribution in [0.5, 0.6) is 5.75 Å². The molecule has 102 valence electrons. The minimum absolute atomic E-state index is 0.320. The quantitative estimate of drug-likeness (QED) is 0.646. The number of rotatable bonds is 9. The molecule has 0 radical (unpaired) electrons. The van der Waals surface area contributed by atoms with E-state index in [0.717, 1.165) is 12.0 Å². The molecule has 1 aromatic rings. The van der Waals surface area contributed by atoms with E-state index in [0.29, 0.717) is 12.3 Å². The van der Waals surface area contributed by atoms with E-state index in [2.05, 4.69) is 6.92 Å². The monoisotopic (exact) mass is 249 g/mol. The summed E-state index contributed by atoms with van der Waals surface area (Å²) in [7, 11) is 0. The van der Waals surface area contributed by atoms with Crippen molar-refractivity contribution < 1.29 is 5.11 Å². The van der Waals surface area contributed by atoms with Crippen LogP contribution in [0, 0.1) is 0 Å². The molecule has 0 aliphatic rings. The van der Waals surface area contributed by atoms with Crippen molar-refractivity contribution in [2.24, 2.45) is 5.73 Å². The Morgan fingerprint density at radius 1 is 1.00 bits per heavy atom. The van der Waals surface area contributed by atoms with Crippen LogP contribution in [0.3, 0.4) is 0 Å². The number of hydrogen-bond donors (Lipinski definition) is 2. The van der Waals surface area contributed by atoms with Crippen molar-refractivity contribution in [3.8, 4) is 5.75 Å². The van der Waals surface area contributed by atoms with Gasteiger partial charge in [-0.15, -0.1) is 0 Å². The molecule has 0 saturated heterocycles. The molecule has 0 atom stereocenters. The third-order valence-corrected chi connectivity index (χ3v) is 3.43. The number of hydrogen-bond acceptors (Lipinski definition) is 2. The maximum atomic E-state index is 9.55. The first-order valence-electron chi connectivity index (χ1n) is 7.28. The van der Waals surface area contributed by atoms with Crippen molar-refractivity contribution in [3.05, 3.63) is 29.3 Å². The van der Waals surface area contributed by atoms with E-state index in [1.165, 1.54) is 50.5 Å². The lowest BCUT2D eigenvalue weighted by molar-refractivity contribution is 0.468. The Kier molecular flexibility index (Phi) is 7.51. The van der Waals surface area contributed by atoms with Gasteiger partial charge in [0.05, 0.1) is 0 Å². The number of phenolic OH excluding ortho intramolecular Hbond substituents is 1. The highest BCUT2D eigenvalue weighted by Gasteiger charge is 2.01. The van der Waals surface area contributed by atoms with E-state index >= 15 is 0 Å². The van der Waals surface area contributed by atoms with Crippen LogP contribution < -0.4 is 5.73 Å². The fourth-order valence-corrected chi connectivity index (χ4v) is 2.24. The average molecular weight is 249 g/mol. The summed E-state index contributed by atoms with van der Waals surface area (Å²) >= 11 is 0. The minimum atomic E-state index is 0.320. The third-order valence-electron chi connectivity index (χ3n) is 3.43. The van der Waals surface area contributed by atoms with Gasteiger partial charge >= 0.3 is 0 Å². The molecule has 0 bridgehead atoms. The van der Waals surface area contributed by atoms with Gasteiger partial charge in [-0.3, -0.25) is 0 Å². The molecular formula is C16H27NO. The van der Waals surface area contributed by atoms with Gasteiger partial charge in [0, 0.05) is 12.1 Å². The second kappa shape index (κ2) is 8.98. The molecule has 3 N–H and O–H groups in total. The van der Waals surface area contributed by atoms with Gasteiger partial charge in [-0.05, 0) is 24.5 Å². The Morgan fingerprint density at radius 3 is 2.33 bits per heavy atom. The van der Waals surface area contributed by atoms with Gasteiger partial charge in [-0.25, -0.2) is 0 Å². The molecule has 0 amide bonds. The van der Waals surface area contributed by atoms with Crippen LogP contribution >= 0.6 is 0 Å². The second-order valence-electron chi connectivity index (χ2n) is 5.04. The summed E-state index contributed by atoms with van der Waals surface area (Å²) in [6.45, 7) is 2.66. The Bertz CT molecular complexity index is 336. The summed E-state index contributed by atoms with van der Waals surface area (Å²) in [5, 5.41) is 9.55. The topological polar surface area (TPSA) is 46.2 Å². The summed E-state index contributed by atoms with van der Waals surface area (Å²) in [5.41, 5.74) is 7.73. The van der Waals surface area contributed by atoms with Gasteiger partial charge in [-0.2, -0.15) is 0 Å².